The smallest absolute Gasteiger partial charge is 0.108 e. The molecule has 1 heterocycles. The summed E-state index contributed by atoms with van der Waals surface area (Å²) in [7, 11) is 0. The molecule has 4 nitrogen and oxygen atoms in total. The first kappa shape index (κ1) is 7.94. The lowest BCUT2D eigenvalue weighted by Gasteiger charge is -2.33. The van der Waals surface area contributed by atoms with Crippen LogP contribution in [0.4, 0.5) is 0 Å². The largest absolute Gasteiger partial charge is 0.389 e. The van der Waals surface area contributed by atoms with Crippen LogP contribution in [-0.4, -0.2) is 46.2 Å². The number of hydrogen-bond acceptors (Lipinski definition) is 4. The third-order valence-corrected chi connectivity index (χ3v) is 1.91. The second kappa shape index (κ2) is 2.84. The Labute approximate surface area is 59.5 Å². The van der Waals surface area contributed by atoms with Gasteiger partial charge in [-0.1, -0.05) is 0 Å². The second-order valence-corrected chi connectivity index (χ2v) is 2.75. The summed E-state index contributed by atoms with van der Waals surface area (Å²) in [5.74, 6) is 0. The molecule has 0 aliphatic carbocycles. The number of aliphatic hydroxyl groups is 3. The Kier molecular flexibility index (Phi) is 2.25. The van der Waals surface area contributed by atoms with Gasteiger partial charge in [0.25, 0.3) is 0 Å². The molecule has 0 amide bonds. The molecule has 0 radical (unpaired) electrons. The minimum Gasteiger partial charge on any atom is -0.389 e. The molecule has 0 saturated carbocycles. The summed E-state index contributed by atoms with van der Waals surface area (Å²) >= 11 is 0. The molecule has 1 rings (SSSR count). The maximum atomic E-state index is 9.14. The molecule has 4 atom stereocenters. The van der Waals surface area contributed by atoms with Gasteiger partial charge in [-0.25, -0.2) is 0 Å². The lowest BCUT2D eigenvalue weighted by molar-refractivity contribution is -0.0910. The molecule has 1 aliphatic heterocycles. The van der Waals surface area contributed by atoms with E-state index in [0.717, 1.165) is 0 Å². The van der Waals surface area contributed by atoms with Crippen molar-refractivity contribution in [2.24, 2.45) is 0 Å². The highest BCUT2D eigenvalue weighted by Gasteiger charge is 2.33. The van der Waals surface area contributed by atoms with Crippen LogP contribution in [0.2, 0.25) is 0 Å². The normalized spacial score (nSPS) is 49.2. The average molecular weight is 147 g/mol. The van der Waals surface area contributed by atoms with Gasteiger partial charge in [-0.2, -0.15) is 0 Å². The molecule has 0 aromatic carbocycles. The fourth-order valence-corrected chi connectivity index (χ4v) is 1.07. The van der Waals surface area contributed by atoms with E-state index in [-0.39, 0.29) is 6.04 Å². The maximum absolute atomic E-state index is 9.14. The van der Waals surface area contributed by atoms with E-state index in [9.17, 15) is 0 Å². The predicted octanol–water partition coefficient (Wildman–Crippen LogP) is -1.94. The molecule has 1 aliphatic rings. The Morgan fingerprint density at radius 1 is 1.20 bits per heavy atom. The van der Waals surface area contributed by atoms with E-state index in [1.54, 1.807) is 6.92 Å². The molecule has 60 valence electrons. The van der Waals surface area contributed by atoms with Gasteiger partial charge in [-0.3, -0.25) is 0 Å². The van der Waals surface area contributed by atoms with Gasteiger partial charge in [0.15, 0.2) is 0 Å². The third kappa shape index (κ3) is 1.29. The quantitative estimate of drug-likeness (QED) is 0.322. The lowest BCUT2D eigenvalue weighted by atomic mass is 9.98. The van der Waals surface area contributed by atoms with E-state index >= 15 is 0 Å². The standard InChI is InChI=1S/C6H13NO3/c1-3-5(9)6(10)4(8)2-7-3/h3-10H,2H2,1H3/t3-,4-,5-,6+/m0/s1. The SMILES string of the molecule is C[C@@H]1NC[C@H](O)[C@@H](O)[C@H]1O. The number of rotatable bonds is 0. The van der Waals surface area contributed by atoms with Gasteiger partial charge in [0.1, 0.15) is 6.10 Å². The Morgan fingerprint density at radius 2 is 1.80 bits per heavy atom. The second-order valence-electron chi connectivity index (χ2n) is 2.75. The van der Waals surface area contributed by atoms with Crippen molar-refractivity contribution < 1.29 is 15.3 Å². The average Bonchev–Trinajstić information content (AvgIpc) is 1.93. The van der Waals surface area contributed by atoms with Crippen molar-refractivity contribution in [2.75, 3.05) is 6.54 Å². The van der Waals surface area contributed by atoms with Gasteiger partial charge in [-0.05, 0) is 6.92 Å². The summed E-state index contributed by atoms with van der Waals surface area (Å²) in [5, 5.41) is 30.1. The van der Waals surface area contributed by atoms with Crippen LogP contribution in [0.3, 0.4) is 0 Å². The van der Waals surface area contributed by atoms with E-state index in [2.05, 4.69) is 5.32 Å². The van der Waals surface area contributed by atoms with Crippen molar-refractivity contribution in [2.45, 2.75) is 31.3 Å². The van der Waals surface area contributed by atoms with Crippen molar-refractivity contribution in [3.05, 3.63) is 0 Å². The molecule has 4 N–H and O–H groups in total. The first-order valence-electron chi connectivity index (χ1n) is 3.40. The highest BCUT2D eigenvalue weighted by atomic mass is 16.4. The topological polar surface area (TPSA) is 72.7 Å². The van der Waals surface area contributed by atoms with Gasteiger partial charge in [0, 0.05) is 12.6 Å². The van der Waals surface area contributed by atoms with Gasteiger partial charge in [0.05, 0.1) is 12.2 Å². The zero-order valence-corrected chi connectivity index (χ0v) is 5.86. The van der Waals surface area contributed by atoms with Gasteiger partial charge in [0.2, 0.25) is 0 Å². The van der Waals surface area contributed by atoms with E-state index in [4.69, 9.17) is 15.3 Å². The minimum atomic E-state index is -1.00. The van der Waals surface area contributed by atoms with Gasteiger partial charge in [-0.15, -0.1) is 0 Å². The molecule has 0 aromatic heterocycles. The minimum absolute atomic E-state index is 0.140. The van der Waals surface area contributed by atoms with E-state index in [1.165, 1.54) is 0 Å². The van der Waals surface area contributed by atoms with Crippen LogP contribution in [0.25, 0.3) is 0 Å². The number of nitrogens with one attached hydrogen (secondary N) is 1. The van der Waals surface area contributed by atoms with Crippen LogP contribution in [0, 0.1) is 0 Å². The zero-order valence-electron chi connectivity index (χ0n) is 5.86. The monoisotopic (exact) mass is 147 g/mol. The molecule has 0 spiro atoms. The fraction of sp³-hybridized carbons (Fsp3) is 1.00. The molecule has 0 bridgehead atoms. The zero-order chi connectivity index (χ0) is 7.72. The van der Waals surface area contributed by atoms with Crippen molar-refractivity contribution in [3.8, 4) is 0 Å². The first-order valence-corrected chi connectivity index (χ1v) is 3.40. The summed E-state index contributed by atoms with van der Waals surface area (Å²) < 4.78 is 0. The van der Waals surface area contributed by atoms with Crippen molar-refractivity contribution in [1.82, 2.24) is 5.32 Å². The fourth-order valence-electron chi connectivity index (χ4n) is 1.07. The molecule has 0 unspecified atom stereocenters. The summed E-state index contributed by atoms with van der Waals surface area (Å²) in [5.41, 5.74) is 0. The van der Waals surface area contributed by atoms with E-state index < -0.39 is 18.3 Å². The summed E-state index contributed by atoms with van der Waals surface area (Å²) in [6, 6.07) is -0.140. The van der Waals surface area contributed by atoms with Crippen molar-refractivity contribution in [3.63, 3.8) is 0 Å². The van der Waals surface area contributed by atoms with Gasteiger partial charge >= 0.3 is 0 Å². The first-order chi connectivity index (χ1) is 4.63. The molecule has 1 saturated heterocycles. The molecule has 10 heavy (non-hydrogen) atoms. The molecule has 1 fully saturated rings. The Bertz CT molecular complexity index is 106. The van der Waals surface area contributed by atoms with Crippen LogP contribution in [0.5, 0.6) is 0 Å². The van der Waals surface area contributed by atoms with Crippen LogP contribution in [0.15, 0.2) is 0 Å². The Morgan fingerprint density at radius 3 is 2.30 bits per heavy atom. The summed E-state index contributed by atoms with van der Waals surface area (Å²) in [6.07, 6.45) is -2.70. The number of β-amino-alcohol motifs (C(OH)–C–C–N with tert-alkyl or cyclic N) is 1. The number of piperidine rings is 1. The van der Waals surface area contributed by atoms with Crippen molar-refractivity contribution in [1.29, 1.82) is 0 Å². The molecular weight excluding hydrogens is 134 g/mol. The number of aliphatic hydroxyl groups excluding tert-OH is 3. The molecular formula is C6H13NO3. The summed E-state index contributed by atoms with van der Waals surface area (Å²) in [6.45, 7) is 2.11. The summed E-state index contributed by atoms with van der Waals surface area (Å²) in [4.78, 5) is 0. The lowest BCUT2D eigenvalue weighted by Crippen LogP contribution is -2.58. The Balaban J connectivity index is 2.52. The van der Waals surface area contributed by atoms with E-state index in [0.29, 0.717) is 6.54 Å². The maximum Gasteiger partial charge on any atom is 0.108 e. The van der Waals surface area contributed by atoms with Crippen LogP contribution in [0.1, 0.15) is 6.92 Å². The highest BCUT2D eigenvalue weighted by Crippen LogP contribution is 2.09. The third-order valence-electron chi connectivity index (χ3n) is 1.91. The van der Waals surface area contributed by atoms with Gasteiger partial charge < -0.3 is 20.6 Å². The number of hydrogen-bond donors (Lipinski definition) is 4. The van der Waals surface area contributed by atoms with Crippen molar-refractivity contribution >= 4 is 0 Å². The Hall–Kier alpha value is -0.160. The van der Waals surface area contributed by atoms with Crippen LogP contribution in [-0.2, 0) is 0 Å². The molecule has 4 heteroatoms. The van der Waals surface area contributed by atoms with Crippen LogP contribution >= 0.6 is 0 Å². The highest BCUT2D eigenvalue weighted by molar-refractivity contribution is 4.89. The predicted molar refractivity (Wildman–Crippen MR) is 35.5 cm³/mol. The van der Waals surface area contributed by atoms with E-state index in [1.807, 2.05) is 0 Å². The molecule has 0 aromatic rings. The van der Waals surface area contributed by atoms with Crippen LogP contribution < -0.4 is 5.32 Å².